The van der Waals surface area contributed by atoms with Crippen LogP contribution < -0.4 is 14.8 Å². The highest BCUT2D eigenvalue weighted by atomic mass is 16.6. The molecule has 1 aliphatic rings. The number of carbonyl (C=O) groups is 1. The van der Waals surface area contributed by atoms with Crippen molar-refractivity contribution in [1.29, 1.82) is 0 Å². The molecule has 0 saturated heterocycles. The monoisotopic (exact) mass is 311 g/mol. The lowest BCUT2D eigenvalue weighted by molar-refractivity contribution is -0.125. The topological polar surface area (TPSA) is 47.6 Å². The van der Waals surface area contributed by atoms with Crippen LogP contribution in [0.25, 0.3) is 0 Å². The maximum atomic E-state index is 12.3. The average molecular weight is 311 g/mol. The van der Waals surface area contributed by atoms with Crippen LogP contribution >= 0.6 is 0 Å². The number of rotatable bonds is 5. The zero-order valence-electron chi connectivity index (χ0n) is 13.2. The molecule has 4 nitrogen and oxygen atoms in total. The largest absolute Gasteiger partial charge is 0.485 e. The molecule has 1 amide bonds. The first-order chi connectivity index (χ1) is 11.3. The van der Waals surface area contributed by atoms with E-state index in [2.05, 4.69) is 24.4 Å². The molecule has 0 saturated carbocycles. The molecule has 0 spiro atoms. The number of hydrogen-bond donors (Lipinski definition) is 1. The zero-order valence-corrected chi connectivity index (χ0v) is 13.2. The van der Waals surface area contributed by atoms with Crippen LogP contribution in [0.4, 0.5) is 5.69 Å². The van der Waals surface area contributed by atoms with E-state index in [0.29, 0.717) is 11.5 Å². The van der Waals surface area contributed by atoms with E-state index in [0.717, 1.165) is 12.1 Å². The second-order valence-corrected chi connectivity index (χ2v) is 5.65. The number of hydrogen-bond acceptors (Lipinski definition) is 3. The molecule has 0 fully saturated rings. The summed E-state index contributed by atoms with van der Waals surface area (Å²) in [5.74, 6) is 1.09. The number of carbonyl (C=O) groups excluding carboxylic acids is 1. The van der Waals surface area contributed by atoms with Gasteiger partial charge >= 0.3 is 0 Å². The maximum Gasteiger partial charge on any atom is 0.269 e. The molecule has 1 N–H and O–H groups in total. The van der Waals surface area contributed by atoms with Crippen molar-refractivity contribution in [3.05, 3.63) is 54.1 Å². The van der Waals surface area contributed by atoms with Gasteiger partial charge in [0.15, 0.2) is 11.5 Å². The minimum absolute atomic E-state index is 0.194. The van der Waals surface area contributed by atoms with E-state index < -0.39 is 6.10 Å². The molecular formula is C19H21NO3. The van der Waals surface area contributed by atoms with Crippen LogP contribution in [0.15, 0.2) is 48.5 Å². The lowest BCUT2D eigenvalue weighted by Crippen LogP contribution is -2.40. The molecule has 1 atom stereocenters. The summed E-state index contributed by atoms with van der Waals surface area (Å²) in [4.78, 5) is 12.3. The van der Waals surface area contributed by atoms with E-state index in [1.165, 1.54) is 18.4 Å². The Hall–Kier alpha value is -2.49. The van der Waals surface area contributed by atoms with Gasteiger partial charge in [0.25, 0.3) is 5.91 Å². The third-order valence-corrected chi connectivity index (χ3v) is 3.84. The highest BCUT2D eigenvalue weighted by Gasteiger charge is 2.27. The van der Waals surface area contributed by atoms with Gasteiger partial charge in [0.2, 0.25) is 6.10 Å². The summed E-state index contributed by atoms with van der Waals surface area (Å²) in [6.07, 6.45) is 2.79. The third kappa shape index (κ3) is 3.83. The van der Waals surface area contributed by atoms with Gasteiger partial charge in [-0.3, -0.25) is 4.79 Å². The van der Waals surface area contributed by atoms with Gasteiger partial charge in [-0.2, -0.15) is 0 Å². The Morgan fingerprint density at radius 3 is 2.61 bits per heavy atom. The van der Waals surface area contributed by atoms with E-state index in [9.17, 15) is 4.79 Å². The number of benzene rings is 2. The molecule has 23 heavy (non-hydrogen) atoms. The van der Waals surface area contributed by atoms with Crippen LogP contribution in [0.1, 0.15) is 25.3 Å². The van der Waals surface area contributed by atoms with Gasteiger partial charge in [0.05, 0.1) is 0 Å². The lowest BCUT2D eigenvalue weighted by Gasteiger charge is -2.25. The molecule has 1 heterocycles. The standard InChI is InChI=1S/C19H21NO3/c1-2-3-6-14-9-11-15(12-10-14)20-19(21)18-13-22-16-7-4-5-8-17(16)23-18/h4-5,7-12,18H,2-3,6,13H2,1H3,(H,20,21). The van der Waals surface area contributed by atoms with Crippen LogP contribution in [0.5, 0.6) is 11.5 Å². The fourth-order valence-corrected chi connectivity index (χ4v) is 2.51. The smallest absolute Gasteiger partial charge is 0.269 e. The van der Waals surface area contributed by atoms with Crippen molar-refractivity contribution < 1.29 is 14.3 Å². The Morgan fingerprint density at radius 1 is 1.13 bits per heavy atom. The van der Waals surface area contributed by atoms with Crippen molar-refractivity contribution in [2.45, 2.75) is 32.3 Å². The predicted molar refractivity (Wildman–Crippen MR) is 90.0 cm³/mol. The second kappa shape index (κ2) is 7.18. The number of nitrogens with one attached hydrogen (secondary N) is 1. The van der Waals surface area contributed by atoms with Crippen LogP contribution in [-0.4, -0.2) is 18.6 Å². The third-order valence-electron chi connectivity index (χ3n) is 3.84. The van der Waals surface area contributed by atoms with Crippen molar-refractivity contribution in [1.82, 2.24) is 0 Å². The summed E-state index contributed by atoms with van der Waals surface area (Å²) in [6, 6.07) is 15.3. The fraction of sp³-hybridized carbons (Fsp3) is 0.316. The number of para-hydroxylation sites is 2. The molecule has 1 aliphatic heterocycles. The van der Waals surface area contributed by atoms with Crippen molar-refractivity contribution in [3.63, 3.8) is 0 Å². The summed E-state index contributed by atoms with van der Waals surface area (Å²) < 4.78 is 11.3. The quantitative estimate of drug-likeness (QED) is 0.913. The Labute approximate surface area is 136 Å². The van der Waals surface area contributed by atoms with E-state index >= 15 is 0 Å². The summed E-state index contributed by atoms with van der Waals surface area (Å²) >= 11 is 0. The first-order valence-corrected chi connectivity index (χ1v) is 8.04. The van der Waals surface area contributed by atoms with Crippen molar-refractivity contribution in [2.75, 3.05) is 11.9 Å². The molecule has 0 radical (unpaired) electrons. The van der Waals surface area contributed by atoms with Crippen molar-refractivity contribution in [2.24, 2.45) is 0 Å². The van der Waals surface area contributed by atoms with Gasteiger partial charge in [0.1, 0.15) is 6.61 Å². The number of amides is 1. The Kier molecular flexibility index (Phi) is 4.81. The molecular weight excluding hydrogens is 290 g/mol. The summed E-state index contributed by atoms with van der Waals surface area (Å²) in [5.41, 5.74) is 2.06. The second-order valence-electron chi connectivity index (χ2n) is 5.65. The van der Waals surface area contributed by atoms with Crippen LogP contribution in [0, 0.1) is 0 Å². The van der Waals surface area contributed by atoms with E-state index in [-0.39, 0.29) is 12.5 Å². The minimum Gasteiger partial charge on any atom is -0.485 e. The summed E-state index contributed by atoms with van der Waals surface area (Å²) in [7, 11) is 0. The maximum absolute atomic E-state index is 12.3. The molecule has 2 aromatic carbocycles. The zero-order chi connectivity index (χ0) is 16.1. The van der Waals surface area contributed by atoms with Crippen LogP contribution in [-0.2, 0) is 11.2 Å². The average Bonchev–Trinajstić information content (AvgIpc) is 2.60. The molecule has 2 aromatic rings. The number of unbranched alkanes of at least 4 members (excludes halogenated alkanes) is 1. The Morgan fingerprint density at radius 2 is 1.87 bits per heavy atom. The SMILES string of the molecule is CCCCc1ccc(NC(=O)C2COc3ccccc3O2)cc1. The molecule has 0 bridgehead atoms. The van der Waals surface area contributed by atoms with Gasteiger partial charge < -0.3 is 14.8 Å². The van der Waals surface area contributed by atoms with E-state index in [1.54, 1.807) is 6.07 Å². The van der Waals surface area contributed by atoms with Crippen molar-refractivity contribution in [3.8, 4) is 11.5 Å². The van der Waals surface area contributed by atoms with Gasteiger partial charge in [0, 0.05) is 5.69 Å². The first kappa shape index (κ1) is 15.4. The van der Waals surface area contributed by atoms with Gasteiger partial charge in [-0.15, -0.1) is 0 Å². The summed E-state index contributed by atoms with van der Waals surface area (Å²) in [5, 5.41) is 2.88. The highest BCUT2D eigenvalue weighted by Crippen LogP contribution is 2.31. The van der Waals surface area contributed by atoms with Gasteiger partial charge in [-0.1, -0.05) is 37.6 Å². The summed E-state index contributed by atoms with van der Waals surface area (Å²) in [6.45, 7) is 2.40. The molecule has 3 rings (SSSR count). The first-order valence-electron chi connectivity index (χ1n) is 8.04. The van der Waals surface area contributed by atoms with Crippen LogP contribution in [0.2, 0.25) is 0 Å². The predicted octanol–water partition coefficient (Wildman–Crippen LogP) is 3.81. The van der Waals surface area contributed by atoms with E-state index in [1.807, 2.05) is 30.3 Å². The Bertz CT molecular complexity index is 667. The van der Waals surface area contributed by atoms with E-state index in [4.69, 9.17) is 9.47 Å². The lowest BCUT2D eigenvalue weighted by atomic mass is 10.1. The normalized spacial score (nSPS) is 16.0. The number of fused-ring (bicyclic) bond motifs is 1. The highest BCUT2D eigenvalue weighted by molar-refractivity contribution is 5.94. The fourth-order valence-electron chi connectivity index (χ4n) is 2.51. The van der Waals surface area contributed by atoms with Crippen molar-refractivity contribution >= 4 is 11.6 Å². The number of ether oxygens (including phenoxy) is 2. The van der Waals surface area contributed by atoms with Gasteiger partial charge in [-0.05, 0) is 42.7 Å². The molecule has 0 aromatic heterocycles. The molecule has 0 aliphatic carbocycles. The number of aryl methyl sites for hydroxylation is 1. The van der Waals surface area contributed by atoms with Crippen LogP contribution in [0.3, 0.4) is 0 Å². The van der Waals surface area contributed by atoms with Gasteiger partial charge in [-0.25, -0.2) is 0 Å². The minimum atomic E-state index is -0.635. The molecule has 1 unspecified atom stereocenters. The molecule has 4 heteroatoms. The Balaban J connectivity index is 1.59. The number of anilines is 1. The molecule has 120 valence electrons.